The predicted molar refractivity (Wildman–Crippen MR) is 133 cm³/mol. The molecule has 6 nitrogen and oxygen atoms in total. The van der Waals surface area contributed by atoms with E-state index in [0.717, 1.165) is 22.3 Å². The first-order valence-corrected chi connectivity index (χ1v) is 11.6. The number of para-hydroxylation sites is 1. The molecule has 3 aromatic carbocycles. The molecule has 1 saturated heterocycles. The van der Waals surface area contributed by atoms with Gasteiger partial charge >= 0.3 is 0 Å². The van der Waals surface area contributed by atoms with Crippen molar-refractivity contribution in [2.75, 3.05) is 13.1 Å². The molecule has 0 unspecified atom stereocenters. The van der Waals surface area contributed by atoms with Gasteiger partial charge in [0.1, 0.15) is 12.4 Å². The van der Waals surface area contributed by atoms with Crippen LogP contribution in [-0.4, -0.2) is 36.0 Å². The van der Waals surface area contributed by atoms with E-state index in [1.54, 1.807) is 6.21 Å². The second-order valence-corrected chi connectivity index (χ2v) is 8.43. The number of carbonyl (C=O) groups is 2. The number of likely N-dealkylation sites (tertiary alicyclic amines) is 1. The molecule has 174 valence electrons. The fourth-order valence-corrected chi connectivity index (χ4v) is 4.04. The quantitative estimate of drug-likeness (QED) is 0.419. The summed E-state index contributed by atoms with van der Waals surface area (Å²) >= 11 is 0. The first kappa shape index (κ1) is 23.2. The number of aryl methyl sites for hydroxylation is 1. The summed E-state index contributed by atoms with van der Waals surface area (Å²) in [6, 6.07) is 25.1. The average molecular weight is 456 g/mol. The van der Waals surface area contributed by atoms with E-state index < -0.39 is 0 Å². The van der Waals surface area contributed by atoms with Crippen LogP contribution in [0, 0.1) is 12.8 Å². The lowest BCUT2D eigenvalue weighted by Crippen LogP contribution is -2.42. The first-order valence-electron chi connectivity index (χ1n) is 11.6. The van der Waals surface area contributed by atoms with Gasteiger partial charge < -0.3 is 9.64 Å². The van der Waals surface area contributed by atoms with E-state index in [4.69, 9.17) is 4.74 Å². The van der Waals surface area contributed by atoms with E-state index in [-0.39, 0.29) is 17.7 Å². The van der Waals surface area contributed by atoms with E-state index in [9.17, 15) is 9.59 Å². The number of amides is 2. The second kappa shape index (κ2) is 11.3. The molecule has 1 heterocycles. The van der Waals surface area contributed by atoms with Crippen molar-refractivity contribution in [2.45, 2.75) is 26.4 Å². The minimum Gasteiger partial charge on any atom is -0.488 e. The van der Waals surface area contributed by atoms with E-state index in [0.29, 0.717) is 38.3 Å². The molecule has 1 N–H and O–H groups in total. The summed E-state index contributed by atoms with van der Waals surface area (Å²) in [7, 11) is 0. The summed E-state index contributed by atoms with van der Waals surface area (Å²) in [5.41, 5.74) is 6.22. The molecule has 1 fully saturated rings. The number of hydrogen-bond acceptors (Lipinski definition) is 4. The van der Waals surface area contributed by atoms with Gasteiger partial charge in [0, 0.05) is 30.1 Å². The number of rotatable bonds is 7. The summed E-state index contributed by atoms with van der Waals surface area (Å²) in [6.45, 7) is 3.52. The summed E-state index contributed by atoms with van der Waals surface area (Å²) in [5.74, 6) is 0.444. The Bertz CT molecular complexity index is 1150. The first-order chi connectivity index (χ1) is 16.6. The van der Waals surface area contributed by atoms with E-state index in [2.05, 4.69) is 10.5 Å². The number of carbonyl (C=O) groups excluding carboxylic acids is 2. The molecule has 3 aromatic rings. The number of hydrogen-bond donors (Lipinski definition) is 1. The monoisotopic (exact) mass is 455 g/mol. The lowest BCUT2D eigenvalue weighted by Gasteiger charge is -2.31. The Kier molecular flexibility index (Phi) is 7.71. The maximum atomic E-state index is 12.8. The van der Waals surface area contributed by atoms with Crippen LogP contribution in [0.3, 0.4) is 0 Å². The number of hydrazone groups is 1. The zero-order chi connectivity index (χ0) is 23.8. The highest BCUT2D eigenvalue weighted by Crippen LogP contribution is 2.21. The van der Waals surface area contributed by atoms with Gasteiger partial charge in [-0.1, -0.05) is 60.7 Å². The molecule has 0 bridgehead atoms. The maximum Gasteiger partial charge on any atom is 0.254 e. The Morgan fingerprint density at radius 3 is 2.41 bits per heavy atom. The van der Waals surface area contributed by atoms with Gasteiger partial charge in [0.05, 0.1) is 6.21 Å². The van der Waals surface area contributed by atoms with Gasteiger partial charge in [0.25, 0.3) is 5.91 Å². The van der Waals surface area contributed by atoms with Crippen molar-refractivity contribution in [1.29, 1.82) is 0 Å². The molecule has 0 atom stereocenters. The topological polar surface area (TPSA) is 71.0 Å². The van der Waals surface area contributed by atoms with Crippen LogP contribution in [0.15, 0.2) is 84.0 Å². The molecule has 1 aliphatic rings. The minimum atomic E-state index is -0.164. The summed E-state index contributed by atoms with van der Waals surface area (Å²) in [6.07, 6.45) is 2.85. The van der Waals surface area contributed by atoms with Gasteiger partial charge in [0.2, 0.25) is 5.91 Å². The van der Waals surface area contributed by atoms with Gasteiger partial charge in [0.15, 0.2) is 0 Å². The average Bonchev–Trinajstić information content (AvgIpc) is 2.88. The second-order valence-electron chi connectivity index (χ2n) is 8.43. The van der Waals surface area contributed by atoms with E-state index >= 15 is 0 Å². The Hall–Kier alpha value is -3.93. The molecule has 4 rings (SSSR count). The number of ether oxygens (including phenoxy) is 1. The fraction of sp³-hybridized carbons (Fsp3) is 0.250. The van der Waals surface area contributed by atoms with Crippen molar-refractivity contribution in [1.82, 2.24) is 10.3 Å². The third-order valence-corrected chi connectivity index (χ3v) is 6.06. The highest BCUT2D eigenvalue weighted by atomic mass is 16.5. The Morgan fingerprint density at radius 1 is 0.971 bits per heavy atom. The highest BCUT2D eigenvalue weighted by Gasteiger charge is 2.28. The van der Waals surface area contributed by atoms with Crippen molar-refractivity contribution in [3.05, 3.63) is 101 Å². The Labute approximate surface area is 200 Å². The van der Waals surface area contributed by atoms with Gasteiger partial charge in [-0.3, -0.25) is 9.59 Å². The molecule has 0 aromatic heterocycles. The molecule has 0 radical (unpaired) electrons. The highest BCUT2D eigenvalue weighted by molar-refractivity contribution is 5.95. The Morgan fingerprint density at radius 2 is 1.65 bits per heavy atom. The minimum absolute atomic E-state index is 0.0297. The van der Waals surface area contributed by atoms with Crippen LogP contribution in [0.1, 0.15) is 39.9 Å². The van der Waals surface area contributed by atoms with Crippen molar-refractivity contribution < 1.29 is 14.3 Å². The fourth-order valence-electron chi connectivity index (χ4n) is 4.04. The molecular formula is C28H29N3O3. The van der Waals surface area contributed by atoms with E-state index in [1.165, 1.54) is 0 Å². The van der Waals surface area contributed by atoms with Crippen LogP contribution in [0.4, 0.5) is 0 Å². The van der Waals surface area contributed by atoms with Crippen molar-refractivity contribution in [3.63, 3.8) is 0 Å². The lowest BCUT2D eigenvalue weighted by molar-refractivity contribution is -0.126. The third-order valence-electron chi connectivity index (χ3n) is 6.06. The standard InChI is InChI=1S/C28H29N3O3/c1-21-9-5-7-13-25(21)28(33)31-17-15-23(16-18-31)27(32)30-29-19-24-12-6-8-14-26(24)34-20-22-10-3-2-4-11-22/h2-14,19,23H,15-18,20H2,1H3,(H,30,32)/b29-19-. The van der Waals surface area contributed by atoms with Crippen LogP contribution >= 0.6 is 0 Å². The molecule has 0 spiro atoms. The molecule has 1 aliphatic heterocycles. The van der Waals surface area contributed by atoms with Crippen LogP contribution in [0.2, 0.25) is 0 Å². The third kappa shape index (κ3) is 5.90. The van der Waals surface area contributed by atoms with Crippen molar-refractivity contribution in [2.24, 2.45) is 11.0 Å². The van der Waals surface area contributed by atoms with Crippen LogP contribution < -0.4 is 10.2 Å². The smallest absolute Gasteiger partial charge is 0.254 e. The molecule has 6 heteroatoms. The number of piperidine rings is 1. The molecule has 0 saturated carbocycles. The van der Waals surface area contributed by atoms with Crippen molar-refractivity contribution in [3.8, 4) is 5.75 Å². The normalized spacial score (nSPS) is 14.2. The zero-order valence-corrected chi connectivity index (χ0v) is 19.3. The van der Waals surface area contributed by atoms with Gasteiger partial charge in [-0.15, -0.1) is 0 Å². The van der Waals surface area contributed by atoms with Gasteiger partial charge in [-0.2, -0.15) is 5.10 Å². The summed E-state index contributed by atoms with van der Waals surface area (Å²) in [5, 5.41) is 4.16. The largest absolute Gasteiger partial charge is 0.488 e. The SMILES string of the molecule is Cc1ccccc1C(=O)N1CCC(C(=O)N/N=C\c2ccccc2OCc2ccccc2)CC1. The number of benzene rings is 3. The number of nitrogens with zero attached hydrogens (tertiary/aromatic N) is 2. The number of nitrogens with one attached hydrogen (secondary N) is 1. The van der Waals surface area contributed by atoms with Gasteiger partial charge in [-0.25, -0.2) is 5.43 Å². The molecule has 2 amide bonds. The molecule has 34 heavy (non-hydrogen) atoms. The molecule has 0 aliphatic carbocycles. The maximum absolute atomic E-state index is 12.8. The summed E-state index contributed by atoms with van der Waals surface area (Å²) < 4.78 is 5.93. The molecular weight excluding hydrogens is 426 g/mol. The Balaban J connectivity index is 1.28. The van der Waals surface area contributed by atoms with Crippen LogP contribution in [0.25, 0.3) is 0 Å². The zero-order valence-electron chi connectivity index (χ0n) is 19.3. The van der Waals surface area contributed by atoms with Crippen LogP contribution in [-0.2, 0) is 11.4 Å². The van der Waals surface area contributed by atoms with Crippen LogP contribution in [0.5, 0.6) is 5.75 Å². The van der Waals surface area contributed by atoms with Crippen molar-refractivity contribution >= 4 is 18.0 Å². The van der Waals surface area contributed by atoms with E-state index in [1.807, 2.05) is 90.7 Å². The summed E-state index contributed by atoms with van der Waals surface area (Å²) in [4.78, 5) is 27.2. The lowest BCUT2D eigenvalue weighted by atomic mass is 9.95. The predicted octanol–water partition coefficient (Wildman–Crippen LogP) is 4.58. The van der Waals surface area contributed by atoms with Gasteiger partial charge in [-0.05, 0) is 49.1 Å².